The van der Waals surface area contributed by atoms with Crippen LogP contribution in [0.4, 0.5) is 0 Å². The molecule has 0 aliphatic carbocycles. The predicted octanol–water partition coefficient (Wildman–Crippen LogP) is 2.09. The van der Waals surface area contributed by atoms with Crippen LogP contribution in [0, 0.1) is 0 Å². The molecule has 0 atom stereocenters. The maximum atomic E-state index is 11.3. The van der Waals surface area contributed by atoms with Crippen LogP contribution in [0.25, 0.3) is 16.9 Å². The molecule has 1 N–H and O–H groups in total. The van der Waals surface area contributed by atoms with E-state index in [0.29, 0.717) is 11.4 Å². The van der Waals surface area contributed by atoms with Crippen LogP contribution >= 0.6 is 0 Å². The van der Waals surface area contributed by atoms with Crippen LogP contribution in [0.5, 0.6) is 0 Å². The molecule has 0 fully saturated rings. The molecule has 0 saturated carbocycles. The average molecular weight is 239 g/mol. The van der Waals surface area contributed by atoms with Gasteiger partial charge in [-0.15, -0.1) is 0 Å². The number of pyridine rings is 1. The number of aromatic carboxylic acids is 1. The van der Waals surface area contributed by atoms with Crippen molar-refractivity contribution < 1.29 is 9.90 Å². The maximum Gasteiger partial charge on any atom is 0.338 e. The summed E-state index contributed by atoms with van der Waals surface area (Å²) in [7, 11) is 0. The quantitative estimate of drug-likeness (QED) is 0.743. The molecular weight excluding hydrogens is 230 g/mol. The molecule has 0 aliphatic rings. The van der Waals surface area contributed by atoms with E-state index in [1.807, 2.05) is 12.1 Å². The largest absolute Gasteiger partial charge is 0.478 e. The Morgan fingerprint density at radius 2 is 2.11 bits per heavy atom. The number of rotatable bonds is 2. The Labute approximate surface area is 102 Å². The van der Waals surface area contributed by atoms with Crippen LogP contribution in [0.1, 0.15) is 10.4 Å². The number of carboxylic acid groups (broad SMARTS) is 1. The van der Waals surface area contributed by atoms with Crippen LogP contribution in [0.3, 0.4) is 0 Å². The van der Waals surface area contributed by atoms with Crippen LogP contribution in [0.2, 0.25) is 0 Å². The highest BCUT2D eigenvalue weighted by molar-refractivity contribution is 5.95. The summed E-state index contributed by atoms with van der Waals surface area (Å²) in [6.07, 6.45) is 3.38. The number of carboxylic acids is 1. The molecule has 0 aromatic carbocycles. The fourth-order valence-electron chi connectivity index (χ4n) is 1.82. The summed E-state index contributed by atoms with van der Waals surface area (Å²) in [5, 5.41) is 13.5. The first-order valence-corrected chi connectivity index (χ1v) is 5.39. The highest BCUT2D eigenvalue weighted by Crippen LogP contribution is 2.20. The molecular formula is C13H9N3O2. The van der Waals surface area contributed by atoms with E-state index in [4.69, 9.17) is 0 Å². The minimum Gasteiger partial charge on any atom is -0.478 e. The summed E-state index contributed by atoms with van der Waals surface area (Å²) in [5.41, 5.74) is 1.81. The lowest BCUT2D eigenvalue weighted by Gasteiger charge is -2.05. The lowest BCUT2D eigenvalue weighted by atomic mass is 10.1. The Kier molecular flexibility index (Phi) is 2.30. The fraction of sp³-hybridized carbons (Fsp3) is 0. The van der Waals surface area contributed by atoms with Gasteiger partial charge in [-0.25, -0.2) is 9.31 Å². The SMILES string of the molecule is O=C(O)c1cc2cccn2nc1-c1ccccn1. The molecule has 5 heteroatoms. The second kappa shape index (κ2) is 3.96. The van der Waals surface area contributed by atoms with E-state index < -0.39 is 5.97 Å². The number of carbonyl (C=O) groups is 1. The van der Waals surface area contributed by atoms with Crippen LogP contribution in [0.15, 0.2) is 48.8 Å². The molecule has 5 nitrogen and oxygen atoms in total. The minimum absolute atomic E-state index is 0.153. The molecule has 0 unspecified atom stereocenters. The first kappa shape index (κ1) is 10.5. The van der Waals surface area contributed by atoms with E-state index in [1.54, 1.807) is 41.2 Å². The molecule has 3 heterocycles. The number of hydrogen-bond donors (Lipinski definition) is 1. The predicted molar refractivity (Wildman–Crippen MR) is 65.4 cm³/mol. The van der Waals surface area contributed by atoms with Crippen LogP contribution < -0.4 is 0 Å². The number of hydrogen-bond acceptors (Lipinski definition) is 3. The molecule has 3 aromatic rings. The zero-order chi connectivity index (χ0) is 12.5. The Morgan fingerprint density at radius 1 is 1.22 bits per heavy atom. The standard InChI is InChI=1S/C13H9N3O2/c17-13(18)10-8-9-4-3-7-16(9)15-12(10)11-5-1-2-6-14-11/h1-8H,(H,17,18). The summed E-state index contributed by atoms with van der Waals surface area (Å²) in [5.74, 6) is -1.01. The van der Waals surface area contributed by atoms with Crippen molar-refractivity contribution in [2.45, 2.75) is 0 Å². The first-order valence-electron chi connectivity index (χ1n) is 5.39. The van der Waals surface area contributed by atoms with E-state index in [2.05, 4.69) is 10.1 Å². The Hall–Kier alpha value is -2.69. The van der Waals surface area contributed by atoms with Gasteiger partial charge in [0, 0.05) is 12.4 Å². The number of nitrogens with zero attached hydrogens (tertiary/aromatic N) is 3. The van der Waals surface area contributed by atoms with E-state index in [-0.39, 0.29) is 5.56 Å². The fourth-order valence-corrected chi connectivity index (χ4v) is 1.82. The van der Waals surface area contributed by atoms with Crippen molar-refractivity contribution in [2.24, 2.45) is 0 Å². The summed E-state index contributed by atoms with van der Waals surface area (Å²) >= 11 is 0. The lowest BCUT2D eigenvalue weighted by molar-refractivity contribution is 0.0697. The molecule has 3 rings (SSSR count). The van der Waals surface area contributed by atoms with Crippen molar-refractivity contribution in [1.82, 2.24) is 14.6 Å². The molecule has 88 valence electrons. The third kappa shape index (κ3) is 1.62. The molecule has 18 heavy (non-hydrogen) atoms. The summed E-state index contributed by atoms with van der Waals surface area (Å²) < 4.78 is 1.64. The average Bonchev–Trinajstić information content (AvgIpc) is 2.85. The second-order valence-corrected chi connectivity index (χ2v) is 3.80. The van der Waals surface area contributed by atoms with Crippen molar-refractivity contribution in [3.63, 3.8) is 0 Å². The van der Waals surface area contributed by atoms with Gasteiger partial charge in [-0.3, -0.25) is 4.98 Å². The van der Waals surface area contributed by atoms with Crippen molar-refractivity contribution in [3.05, 3.63) is 54.4 Å². The second-order valence-electron chi connectivity index (χ2n) is 3.80. The molecule has 0 radical (unpaired) electrons. The molecule has 0 saturated heterocycles. The van der Waals surface area contributed by atoms with Crippen molar-refractivity contribution >= 4 is 11.5 Å². The molecule has 0 amide bonds. The zero-order valence-electron chi connectivity index (χ0n) is 9.32. The van der Waals surface area contributed by atoms with Crippen LogP contribution in [-0.4, -0.2) is 25.7 Å². The van der Waals surface area contributed by atoms with Crippen molar-refractivity contribution in [2.75, 3.05) is 0 Å². The summed E-state index contributed by atoms with van der Waals surface area (Å²) in [6, 6.07) is 10.5. The minimum atomic E-state index is -1.01. The van der Waals surface area contributed by atoms with Gasteiger partial charge in [0.15, 0.2) is 0 Å². The van der Waals surface area contributed by atoms with Gasteiger partial charge in [0.25, 0.3) is 0 Å². The number of fused-ring (bicyclic) bond motifs is 1. The van der Waals surface area contributed by atoms with Gasteiger partial charge < -0.3 is 5.11 Å². The van der Waals surface area contributed by atoms with E-state index >= 15 is 0 Å². The van der Waals surface area contributed by atoms with Crippen LogP contribution in [-0.2, 0) is 0 Å². The summed E-state index contributed by atoms with van der Waals surface area (Å²) in [4.78, 5) is 15.4. The van der Waals surface area contributed by atoms with E-state index in [0.717, 1.165) is 5.52 Å². The lowest BCUT2D eigenvalue weighted by Crippen LogP contribution is -2.05. The highest BCUT2D eigenvalue weighted by atomic mass is 16.4. The first-order chi connectivity index (χ1) is 8.75. The number of aromatic nitrogens is 3. The molecule has 0 aliphatic heterocycles. The highest BCUT2D eigenvalue weighted by Gasteiger charge is 2.15. The van der Waals surface area contributed by atoms with Crippen molar-refractivity contribution in [1.29, 1.82) is 0 Å². The third-order valence-corrected chi connectivity index (χ3v) is 2.65. The van der Waals surface area contributed by atoms with Gasteiger partial charge in [0.2, 0.25) is 0 Å². The third-order valence-electron chi connectivity index (χ3n) is 2.65. The Bertz CT molecular complexity index is 719. The van der Waals surface area contributed by atoms with Gasteiger partial charge in [-0.05, 0) is 30.3 Å². The molecule has 3 aromatic heterocycles. The van der Waals surface area contributed by atoms with Gasteiger partial charge in [0.05, 0.1) is 16.8 Å². The molecule has 0 spiro atoms. The van der Waals surface area contributed by atoms with E-state index in [1.165, 1.54) is 0 Å². The monoisotopic (exact) mass is 239 g/mol. The summed E-state index contributed by atoms with van der Waals surface area (Å²) in [6.45, 7) is 0. The van der Waals surface area contributed by atoms with E-state index in [9.17, 15) is 9.90 Å². The zero-order valence-corrected chi connectivity index (χ0v) is 9.32. The topological polar surface area (TPSA) is 67.5 Å². The Morgan fingerprint density at radius 3 is 2.83 bits per heavy atom. The van der Waals surface area contributed by atoms with Gasteiger partial charge >= 0.3 is 5.97 Å². The van der Waals surface area contributed by atoms with Gasteiger partial charge in [-0.2, -0.15) is 5.10 Å². The molecule has 0 bridgehead atoms. The van der Waals surface area contributed by atoms with Crippen molar-refractivity contribution in [3.8, 4) is 11.4 Å². The maximum absolute atomic E-state index is 11.3. The van der Waals surface area contributed by atoms with Gasteiger partial charge in [-0.1, -0.05) is 6.07 Å². The smallest absolute Gasteiger partial charge is 0.338 e. The normalized spacial score (nSPS) is 10.7. The Balaban J connectivity index is 2.32. The van der Waals surface area contributed by atoms with Gasteiger partial charge in [0.1, 0.15) is 5.69 Å².